The molecule has 0 aliphatic carbocycles. The van der Waals surface area contributed by atoms with Gasteiger partial charge in [0.05, 0.1) is 11.1 Å². The third-order valence-corrected chi connectivity index (χ3v) is 4.44. The predicted octanol–water partition coefficient (Wildman–Crippen LogP) is 3.72. The molecule has 2 aromatic carbocycles. The van der Waals surface area contributed by atoms with Crippen LogP contribution in [-0.4, -0.2) is 45.4 Å². The molecular weight excluding hydrogens is 469 g/mol. The molecular formula is C22H15F3N6O4. The minimum absolute atomic E-state index is 0.176. The SMILES string of the molecule is CNC(=O)c1cc(Oc2ccc3nc(NC(=O)c4ccccc4OC(F)(F)F)nnc3c2)ccn1. The van der Waals surface area contributed by atoms with Gasteiger partial charge >= 0.3 is 6.36 Å². The summed E-state index contributed by atoms with van der Waals surface area (Å²) in [5.41, 5.74) is 0.478. The summed E-state index contributed by atoms with van der Waals surface area (Å²) in [6.07, 6.45) is -3.54. The molecule has 0 atom stereocenters. The Kier molecular flexibility index (Phi) is 6.40. The van der Waals surface area contributed by atoms with Gasteiger partial charge in [-0.3, -0.25) is 19.9 Å². The highest BCUT2D eigenvalue weighted by molar-refractivity contribution is 6.05. The van der Waals surface area contributed by atoms with Crippen molar-refractivity contribution >= 4 is 28.8 Å². The molecule has 4 aromatic rings. The van der Waals surface area contributed by atoms with E-state index < -0.39 is 18.0 Å². The second-order valence-electron chi connectivity index (χ2n) is 6.84. The molecule has 0 unspecified atom stereocenters. The average molecular weight is 484 g/mol. The van der Waals surface area contributed by atoms with Gasteiger partial charge in [0.25, 0.3) is 11.8 Å². The van der Waals surface area contributed by atoms with E-state index in [2.05, 4.69) is 35.5 Å². The Morgan fingerprint density at radius 1 is 0.914 bits per heavy atom. The summed E-state index contributed by atoms with van der Waals surface area (Å²) in [5, 5.41) is 12.5. The highest BCUT2D eigenvalue weighted by atomic mass is 19.4. The molecule has 2 heterocycles. The number of nitrogens with zero attached hydrogens (tertiary/aromatic N) is 4. The number of nitrogens with one attached hydrogen (secondary N) is 2. The Balaban J connectivity index is 1.51. The van der Waals surface area contributed by atoms with Crippen molar-refractivity contribution < 1.29 is 32.2 Å². The molecule has 13 heteroatoms. The van der Waals surface area contributed by atoms with Gasteiger partial charge in [-0.25, -0.2) is 4.98 Å². The number of aromatic nitrogens is 4. The molecule has 4 rings (SSSR count). The van der Waals surface area contributed by atoms with Crippen molar-refractivity contribution in [1.29, 1.82) is 0 Å². The Morgan fingerprint density at radius 2 is 1.69 bits per heavy atom. The second kappa shape index (κ2) is 9.59. The molecule has 0 aliphatic rings. The Bertz CT molecular complexity index is 1410. The number of pyridine rings is 1. The third kappa shape index (κ3) is 5.76. The molecule has 0 radical (unpaired) electrons. The number of para-hydroxylation sites is 1. The Labute approximate surface area is 195 Å². The van der Waals surface area contributed by atoms with Crippen LogP contribution in [0.4, 0.5) is 19.1 Å². The molecule has 10 nitrogen and oxygen atoms in total. The summed E-state index contributed by atoms with van der Waals surface area (Å²) in [6, 6.07) is 12.6. The van der Waals surface area contributed by atoms with Crippen LogP contribution in [0.2, 0.25) is 0 Å². The first kappa shape index (κ1) is 23.4. The van der Waals surface area contributed by atoms with Gasteiger partial charge in [-0.2, -0.15) is 0 Å². The topological polar surface area (TPSA) is 128 Å². The van der Waals surface area contributed by atoms with Crippen molar-refractivity contribution in [2.24, 2.45) is 0 Å². The molecule has 178 valence electrons. The number of halogens is 3. The number of alkyl halides is 3. The minimum Gasteiger partial charge on any atom is -0.457 e. The van der Waals surface area contributed by atoms with Crippen LogP contribution >= 0.6 is 0 Å². The van der Waals surface area contributed by atoms with Gasteiger partial charge in [0.2, 0.25) is 5.95 Å². The number of hydrogen-bond donors (Lipinski definition) is 2. The van der Waals surface area contributed by atoms with Gasteiger partial charge in [0.1, 0.15) is 28.5 Å². The maximum atomic E-state index is 12.6. The number of fused-ring (bicyclic) bond motifs is 1. The summed E-state index contributed by atoms with van der Waals surface area (Å²) < 4.78 is 47.5. The molecule has 0 saturated heterocycles. The zero-order valence-corrected chi connectivity index (χ0v) is 17.8. The number of hydrogen-bond acceptors (Lipinski definition) is 8. The van der Waals surface area contributed by atoms with E-state index in [1.54, 1.807) is 18.2 Å². The number of carbonyl (C=O) groups excluding carboxylic acids is 2. The fraction of sp³-hybridized carbons (Fsp3) is 0.0909. The van der Waals surface area contributed by atoms with Gasteiger partial charge in [-0.05, 0) is 30.3 Å². The molecule has 35 heavy (non-hydrogen) atoms. The van der Waals surface area contributed by atoms with Crippen molar-refractivity contribution in [3.05, 3.63) is 72.1 Å². The fourth-order valence-electron chi connectivity index (χ4n) is 2.93. The van der Waals surface area contributed by atoms with Gasteiger partial charge in [-0.1, -0.05) is 12.1 Å². The van der Waals surface area contributed by atoms with Crippen molar-refractivity contribution in [1.82, 2.24) is 25.5 Å². The molecule has 0 bridgehead atoms. The van der Waals surface area contributed by atoms with Gasteiger partial charge < -0.3 is 14.8 Å². The molecule has 0 fully saturated rings. The largest absolute Gasteiger partial charge is 0.573 e. The Hall–Kier alpha value is -4.81. The first-order valence-electron chi connectivity index (χ1n) is 9.88. The quantitative estimate of drug-likeness (QED) is 0.424. The van der Waals surface area contributed by atoms with Crippen LogP contribution in [0.15, 0.2) is 60.8 Å². The van der Waals surface area contributed by atoms with Crippen molar-refractivity contribution in [3.63, 3.8) is 0 Å². The normalized spacial score (nSPS) is 11.1. The monoisotopic (exact) mass is 484 g/mol. The molecule has 0 spiro atoms. The van der Waals surface area contributed by atoms with Crippen LogP contribution in [-0.2, 0) is 0 Å². The van der Waals surface area contributed by atoms with Crippen LogP contribution in [0.1, 0.15) is 20.8 Å². The maximum Gasteiger partial charge on any atom is 0.573 e. The summed E-state index contributed by atoms with van der Waals surface area (Å²) in [4.78, 5) is 32.3. The van der Waals surface area contributed by atoms with Crippen LogP contribution in [0, 0.1) is 0 Å². The minimum atomic E-state index is -4.96. The highest BCUT2D eigenvalue weighted by Gasteiger charge is 2.33. The van der Waals surface area contributed by atoms with Crippen molar-refractivity contribution in [2.75, 3.05) is 12.4 Å². The summed E-state index contributed by atoms with van der Waals surface area (Å²) >= 11 is 0. The van der Waals surface area contributed by atoms with Crippen molar-refractivity contribution in [2.45, 2.75) is 6.36 Å². The lowest BCUT2D eigenvalue weighted by atomic mass is 10.2. The number of anilines is 1. The number of amides is 2. The first-order valence-corrected chi connectivity index (χ1v) is 9.88. The van der Waals surface area contributed by atoms with E-state index in [-0.39, 0.29) is 23.1 Å². The number of carbonyl (C=O) groups is 2. The molecule has 2 amide bonds. The van der Waals surface area contributed by atoms with E-state index >= 15 is 0 Å². The van der Waals surface area contributed by atoms with E-state index in [0.717, 1.165) is 6.07 Å². The molecule has 2 N–H and O–H groups in total. The van der Waals surface area contributed by atoms with Gasteiger partial charge in [0, 0.05) is 25.4 Å². The lowest BCUT2D eigenvalue weighted by Gasteiger charge is -2.12. The second-order valence-corrected chi connectivity index (χ2v) is 6.84. The third-order valence-electron chi connectivity index (χ3n) is 4.44. The smallest absolute Gasteiger partial charge is 0.457 e. The molecule has 0 saturated carbocycles. The number of rotatable bonds is 6. The van der Waals surface area contributed by atoms with E-state index in [0.29, 0.717) is 22.5 Å². The molecule has 0 aliphatic heterocycles. The first-order chi connectivity index (χ1) is 16.7. The Morgan fingerprint density at radius 3 is 2.46 bits per heavy atom. The lowest BCUT2D eigenvalue weighted by molar-refractivity contribution is -0.274. The van der Waals surface area contributed by atoms with E-state index in [9.17, 15) is 22.8 Å². The van der Waals surface area contributed by atoms with Gasteiger partial charge in [-0.15, -0.1) is 23.4 Å². The highest BCUT2D eigenvalue weighted by Crippen LogP contribution is 2.27. The number of ether oxygens (including phenoxy) is 2. The lowest BCUT2D eigenvalue weighted by Crippen LogP contribution is -2.21. The van der Waals surface area contributed by atoms with Crippen LogP contribution in [0.3, 0.4) is 0 Å². The summed E-state index contributed by atoms with van der Waals surface area (Å²) in [7, 11) is 1.48. The zero-order chi connectivity index (χ0) is 25.0. The maximum absolute atomic E-state index is 12.6. The van der Waals surface area contributed by atoms with Crippen LogP contribution < -0.4 is 20.1 Å². The van der Waals surface area contributed by atoms with E-state index in [1.807, 2.05) is 0 Å². The zero-order valence-electron chi connectivity index (χ0n) is 17.8. The molecule has 2 aromatic heterocycles. The van der Waals surface area contributed by atoms with Crippen molar-refractivity contribution in [3.8, 4) is 17.2 Å². The fourth-order valence-corrected chi connectivity index (χ4v) is 2.93. The van der Waals surface area contributed by atoms with Crippen LogP contribution in [0.25, 0.3) is 11.0 Å². The summed E-state index contributed by atoms with van der Waals surface area (Å²) in [5.74, 6) is -1.42. The standard InChI is InChI=1S/C22H15F3N6O4/c1-26-20(33)17-11-13(8-9-27-17)34-12-6-7-15-16(10-12)30-31-21(28-15)29-19(32)14-4-2-3-5-18(14)35-22(23,24)25/h2-11H,1H3,(H,26,33)(H,28,29,31,32). The summed E-state index contributed by atoms with van der Waals surface area (Å²) in [6.45, 7) is 0. The van der Waals surface area contributed by atoms with E-state index in [4.69, 9.17) is 4.74 Å². The van der Waals surface area contributed by atoms with E-state index in [1.165, 1.54) is 43.6 Å². The average Bonchev–Trinajstić information content (AvgIpc) is 2.83. The predicted molar refractivity (Wildman–Crippen MR) is 116 cm³/mol. The number of benzene rings is 2. The van der Waals surface area contributed by atoms with Crippen LogP contribution in [0.5, 0.6) is 17.2 Å². The van der Waals surface area contributed by atoms with Gasteiger partial charge in [0.15, 0.2) is 0 Å².